The van der Waals surface area contributed by atoms with Gasteiger partial charge in [0.2, 0.25) is 0 Å². The van der Waals surface area contributed by atoms with Gasteiger partial charge in [-0.3, -0.25) is 9.78 Å². The number of fused-ring (bicyclic) bond motifs is 1. The van der Waals surface area contributed by atoms with Crippen LogP contribution >= 0.6 is 0 Å². The van der Waals surface area contributed by atoms with Crippen molar-refractivity contribution in [2.75, 3.05) is 20.3 Å². The summed E-state index contributed by atoms with van der Waals surface area (Å²) in [6.45, 7) is 1.42. The Hall–Kier alpha value is -3.58. The van der Waals surface area contributed by atoms with E-state index in [0.29, 0.717) is 25.3 Å². The number of nitrogens with one attached hydrogen (secondary N) is 1. The minimum absolute atomic E-state index is 0.0149. The van der Waals surface area contributed by atoms with Crippen molar-refractivity contribution in [3.63, 3.8) is 0 Å². The fourth-order valence-corrected chi connectivity index (χ4v) is 4.16. The second-order valence-corrected chi connectivity index (χ2v) is 8.11. The van der Waals surface area contributed by atoms with E-state index < -0.39 is 0 Å². The Labute approximate surface area is 186 Å². The van der Waals surface area contributed by atoms with Gasteiger partial charge in [0, 0.05) is 56.0 Å². The molecule has 1 fully saturated rings. The molecule has 1 amide bonds. The van der Waals surface area contributed by atoms with Crippen molar-refractivity contribution in [3.05, 3.63) is 78.0 Å². The first kappa shape index (κ1) is 20.3. The van der Waals surface area contributed by atoms with Crippen molar-refractivity contribution in [2.45, 2.75) is 25.3 Å². The molecule has 0 saturated carbocycles. The van der Waals surface area contributed by atoms with Crippen LogP contribution in [-0.2, 0) is 11.2 Å². The number of aromatic nitrogens is 4. The molecule has 0 atom stereocenters. The molecule has 5 rings (SSSR count). The van der Waals surface area contributed by atoms with Gasteiger partial charge in [0.25, 0.3) is 5.91 Å². The maximum atomic E-state index is 13.0. The lowest BCUT2D eigenvalue weighted by Gasteiger charge is -2.30. The number of carbonyl (C=O) groups is 1. The van der Waals surface area contributed by atoms with Gasteiger partial charge in [0.1, 0.15) is 11.5 Å². The predicted molar refractivity (Wildman–Crippen MR) is 122 cm³/mol. The first-order valence-corrected chi connectivity index (χ1v) is 10.9. The number of H-pyrrole nitrogens is 1. The molecule has 162 valence electrons. The monoisotopic (exact) mass is 427 g/mol. The molecule has 3 aromatic heterocycles. The molecule has 4 heterocycles. The van der Waals surface area contributed by atoms with Crippen LogP contribution in [-0.4, -0.2) is 57.0 Å². The molecule has 1 aliphatic rings. The maximum absolute atomic E-state index is 13.0. The summed E-state index contributed by atoms with van der Waals surface area (Å²) in [6, 6.07) is 15.9. The van der Waals surface area contributed by atoms with E-state index in [2.05, 4.69) is 26.0 Å². The normalized spacial score (nSPS) is 14.5. The van der Waals surface area contributed by atoms with Crippen LogP contribution in [0, 0.1) is 0 Å². The summed E-state index contributed by atoms with van der Waals surface area (Å²) in [6.07, 6.45) is 5.89. The van der Waals surface area contributed by atoms with Gasteiger partial charge < -0.3 is 14.6 Å². The molecular formula is C25H25N5O2. The SMILES string of the molecule is CN(C(=O)c1cc2cc(Cc3nccc(-c4ccccn4)n3)ccc2[nH]1)C1CCOCC1. The Bertz CT molecular complexity index is 1230. The van der Waals surface area contributed by atoms with Crippen LogP contribution in [0.15, 0.2) is 60.9 Å². The zero-order chi connectivity index (χ0) is 21.9. The largest absolute Gasteiger partial charge is 0.381 e. The number of hydrogen-bond donors (Lipinski definition) is 1. The van der Waals surface area contributed by atoms with E-state index >= 15 is 0 Å². The lowest BCUT2D eigenvalue weighted by atomic mass is 10.1. The maximum Gasteiger partial charge on any atom is 0.270 e. The summed E-state index contributed by atoms with van der Waals surface area (Å²) in [5.41, 5.74) is 4.28. The minimum Gasteiger partial charge on any atom is -0.381 e. The van der Waals surface area contributed by atoms with Crippen molar-refractivity contribution >= 4 is 16.8 Å². The molecule has 0 unspecified atom stereocenters. The zero-order valence-corrected chi connectivity index (χ0v) is 18.0. The third kappa shape index (κ3) is 4.24. The van der Waals surface area contributed by atoms with Crippen LogP contribution in [0.2, 0.25) is 0 Å². The highest BCUT2D eigenvalue weighted by Gasteiger charge is 2.24. The molecule has 0 radical (unpaired) electrons. The van der Waals surface area contributed by atoms with Gasteiger partial charge in [-0.25, -0.2) is 9.97 Å². The number of amides is 1. The Balaban J connectivity index is 1.35. The molecule has 7 nitrogen and oxygen atoms in total. The Kier molecular flexibility index (Phi) is 5.64. The third-order valence-corrected chi connectivity index (χ3v) is 5.97. The molecule has 0 spiro atoms. The molecular weight excluding hydrogens is 402 g/mol. The lowest BCUT2D eigenvalue weighted by Crippen LogP contribution is -2.40. The van der Waals surface area contributed by atoms with E-state index in [1.165, 1.54) is 0 Å². The minimum atomic E-state index is 0.0149. The summed E-state index contributed by atoms with van der Waals surface area (Å²) in [5, 5.41) is 1.01. The molecule has 0 bridgehead atoms. The van der Waals surface area contributed by atoms with Crippen LogP contribution in [0.3, 0.4) is 0 Å². The van der Waals surface area contributed by atoms with Crippen molar-refractivity contribution in [1.82, 2.24) is 24.8 Å². The summed E-state index contributed by atoms with van der Waals surface area (Å²) >= 11 is 0. The van der Waals surface area contributed by atoms with Gasteiger partial charge in [-0.2, -0.15) is 0 Å². The van der Waals surface area contributed by atoms with Gasteiger partial charge >= 0.3 is 0 Å². The van der Waals surface area contributed by atoms with E-state index in [0.717, 1.165) is 46.5 Å². The highest BCUT2D eigenvalue weighted by atomic mass is 16.5. The fourth-order valence-electron chi connectivity index (χ4n) is 4.16. The van der Waals surface area contributed by atoms with Gasteiger partial charge in [-0.05, 0) is 54.8 Å². The molecule has 1 saturated heterocycles. The number of benzene rings is 1. The van der Waals surface area contributed by atoms with E-state index in [-0.39, 0.29) is 11.9 Å². The first-order chi connectivity index (χ1) is 15.7. The second-order valence-electron chi connectivity index (χ2n) is 8.11. The van der Waals surface area contributed by atoms with Crippen LogP contribution in [0.4, 0.5) is 0 Å². The number of nitrogens with zero attached hydrogens (tertiary/aromatic N) is 4. The molecule has 1 aromatic carbocycles. The van der Waals surface area contributed by atoms with Gasteiger partial charge in [0.05, 0.1) is 11.4 Å². The summed E-state index contributed by atoms with van der Waals surface area (Å²) in [7, 11) is 1.88. The first-order valence-electron chi connectivity index (χ1n) is 10.9. The van der Waals surface area contributed by atoms with Crippen molar-refractivity contribution in [2.24, 2.45) is 0 Å². The van der Waals surface area contributed by atoms with Crippen molar-refractivity contribution < 1.29 is 9.53 Å². The number of aromatic amines is 1. The molecule has 32 heavy (non-hydrogen) atoms. The van der Waals surface area contributed by atoms with Crippen LogP contribution in [0.25, 0.3) is 22.3 Å². The van der Waals surface area contributed by atoms with Crippen molar-refractivity contribution in [1.29, 1.82) is 0 Å². The Morgan fingerprint density at radius 2 is 1.94 bits per heavy atom. The summed E-state index contributed by atoms with van der Waals surface area (Å²) in [5.74, 6) is 0.750. The van der Waals surface area contributed by atoms with Crippen LogP contribution < -0.4 is 0 Å². The predicted octanol–water partition coefficient (Wildman–Crippen LogP) is 3.86. The lowest BCUT2D eigenvalue weighted by molar-refractivity contribution is 0.0359. The fraction of sp³-hybridized carbons (Fsp3) is 0.280. The zero-order valence-electron chi connectivity index (χ0n) is 18.0. The van der Waals surface area contributed by atoms with Gasteiger partial charge in [-0.1, -0.05) is 12.1 Å². The quantitative estimate of drug-likeness (QED) is 0.523. The summed E-state index contributed by atoms with van der Waals surface area (Å²) < 4.78 is 5.42. The molecule has 0 aliphatic carbocycles. The smallest absolute Gasteiger partial charge is 0.270 e. The average molecular weight is 428 g/mol. The van der Waals surface area contributed by atoms with Gasteiger partial charge in [-0.15, -0.1) is 0 Å². The highest BCUT2D eigenvalue weighted by Crippen LogP contribution is 2.22. The number of pyridine rings is 1. The van der Waals surface area contributed by atoms with E-state index in [1.807, 2.05) is 54.4 Å². The van der Waals surface area contributed by atoms with E-state index in [1.54, 1.807) is 12.4 Å². The standard InChI is InChI=1S/C25H25N5O2/c1-30(19-8-12-32-13-9-19)25(31)23-16-18-14-17(5-6-20(18)28-23)15-24-27-11-7-22(29-24)21-4-2-3-10-26-21/h2-7,10-11,14,16,19,28H,8-9,12-13,15H2,1H3. The number of carbonyl (C=O) groups excluding carboxylic acids is 1. The van der Waals surface area contributed by atoms with Gasteiger partial charge in [0.15, 0.2) is 0 Å². The van der Waals surface area contributed by atoms with E-state index in [4.69, 9.17) is 4.74 Å². The third-order valence-electron chi connectivity index (χ3n) is 5.97. The number of ether oxygens (including phenoxy) is 1. The van der Waals surface area contributed by atoms with Crippen LogP contribution in [0.5, 0.6) is 0 Å². The Morgan fingerprint density at radius 3 is 2.75 bits per heavy atom. The summed E-state index contributed by atoms with van der Waals surface area (Å²) in [4.78, 5) is 31.6. The average Bonchev–Trinajstić information content (AvgIpc) is 3.28. The van der Waals surface area contributed by atoms with Crippen molar-refractivity contribution in [3.8, 4) is 11.4 Å². The number of rotatable bonds is 5. The topological polar surface area (TPSA) is 84.0 Å². The highest BCUT2D eigenvalue weighted by molar-refractivity contribution is 5.98. The molecule has 1 aliphatic heterocycles. The van der Waals surface area contributed by atoms with Crippen LogP contribution in [0.1, 0.15) is 34.7 Å². The number of hydrogen-bond acceptors (Lipinski definition) is 5. The Morgan fingerprint density at radius 1 is 1.06 bits per heavy atom. The molecule has 4 aromatic rings. The van der Waals surface area contributed by atoms with E-state index in [9.17, 15) is 4.79 Å². The molecule has 7 heteroatoms. The molecule has 1 N–H and O–H groups in total. The second kappa shape index (κ2) is 8.88.